The average molecular weight is 484 g/mol. The molecule has 0 saturated heterocycles. The minimum absolute atomic E-state index is 0.00482. The number of ether oxygens (including phenoxy) is 3. The smallest absolute Gasteiger partial charge is 0.248 e. The van der Waals surface area contributed by atoms with Gasteiger partial charge in [0.15, 0.2) is 17.3 Å². The van der Waals surface area contributed by atoms with Gasteiger partial charge in [-0.1, -0.05) is 16.8 Å². The van der Waals surface area contributed by atoms with Gasteiger partial charge in [0.25, 0.3) is 0 Å². The van der Waals surface area contributed by atoms with Crippen molar-refractivity contribution in [2.45, 2.75) is 13.1 Å². The highest BCUT2D eigenvalue weighted by atomic mass is 35.5. The zero-order valence-corrected chi connectivity index (χ0v) is 18.7. The summed E-state index contributed by atoms with van der Waals surface area (Å²) in [6, 6.07) is 7.93. The van der Waals surface area contributed by atoms with Crippen molar-refractivity contribution in [2.24, 2.45) is 0 Å². The lowest BCUT2D eigenvalue weighted by atomic mass is 10.1. The molecule has 0 fully saturated rings. The summed E-state index contributed by atoms with van der Waals surface area (Å²) in [6.07, 6.45) is 4.75. The highest BCUT2D eigenvalue weighted by Crippen LogP contribution is 2.42. The van der Waals surface area contributed by atoms with E-state index in [2.05, 4.69) is 30.9 Å². The third-order valence-corrected chi connectivity index (χ3v) is 5.34. The monoisotopic (exact) mass is 483 g/mol. The number of aromatic nitrogens is 5. The molecule has 34 heavy (non-hydrogen) atoms. The van der Waals surface area contributed by atoms with Gasteiger partial charge in [-0.15, -0.1) is 5.10 Å². The summed E-state index contributed by atoms with van der Waals surface area (Å²) in [5.41, 5.74) is 1.96. The van der Waals surface area contributed by atoms with Crippen molar-refractivity contribution in [3.63, 3.8) is 0 Å². The Hall–Kier alpha value is -4.12. The number of nitrogens with one attached hydrogen (secondary N) is 2. The molecule has 0 atom stereocenters. The van der Waals surface area contributed by atoms with Crippen LogP contribution in [0.1, 0.15) is 5.56 Å². The van der Waals surface area contributed by atoms with E-state index in [0.29, 0.717) is 60.0 Å². The molecule has 2 N–H and O–H groups in total. The van der Waals surface area contributed by atoms with Crippen molar-refractivity contribution in [3.8, 4) is 23.1 Å². The van der Waals surface area contributed by atoms with E-state index in [1.54, 1.807) is 36.3 Å². The molecule has 2 aromatic heterocycles. The summed E-state index contributed by atoms with van der Waals surface area (Å²) < 4.78 is 32.7. The molecule has 174 valence electrons. The Morgan fingerprint density at radius 2 is 2.15 bits per heavy atom. The topological polar surface area (TPSA) is 108 Å². The van der Waals surface area contributed by atoms with E-state index in [1.165, 1.54) is 18.5 Å². The third-order valence-electron chi connectivity index (χ3n) is 5.05. The number of anilines is 3. The van der Waals surface area contributed by atoms with E-state index in [0.717, 1.165) is 5.56 Å². The van der Waals surface area contributed by atoms with Crippen LogP contribution < -0.4 is 24.8 Å². The van der Waals surface area contributed by atoms with Gasteiger partial charge in [-0.2, -0.15) is 4.98 Å². The molecule has 0 spiro atoms. The van der Waals surface area contributed by atoms with Crippen LogP contribution >= 0.6 is 11.6 Å². The molecule has 0 amide bonds. The fourth-order valence-corrected chi connectivity index (χ4v) is 3.57. The first-order valence-electron chi connectivity index (χ1n) is 10.3. The van der Waals surface area contributed by atoms with Crippen LogP contribution in [0.15, 0.2) is 49.1 Å². The first kappa shape index (κ1) is 21.7. The molecule has 0 radical (unpaired) electrons. The lowest BCUT2D eigenvalue weighted by Gasteiger charge is -2.14. The van der Waals surface area contributed by atoms with Crippen molar-refractivity contribution in [1.29, 1.82) is 0 Å². The molecule has 0 aliphatic carbocycles. The Morgan fingerprint density at radius 1 is 1.24 bits per heavy atom. The van der Waals surface area contributed by atoms with E-state index >= 15 is 0 Å². The first-order valence-corrected chi connectivity index (χ1v) is 10.6. The number of hydrogen-bond acceptors (Lipinski definition) is 9. The van der Waals surface area contributed by atoms with Gasteiger partial charge in [0.2, 0.25) is 5.88 Å². The zero-order chi connectivity index (χ0) is 23.5. The minimum Gasteiger partial charge on any atom is -0.493 e. The predicted molar refractivity (Wildman–Crippen MR) is 123 cm³/mol. The standard InChI is InChI=1S/C22H19ClFN7O3/c1-32-18-10-17-13(8-19(18)33-7-6-31-5-4-28-30-31)11-25-20-21(26-12-27-22(20)34-17)29-14-2-3-16(24)15(23)9-14/h2-5,8-10,12,25H,6-7,11H2,1H3,(H,26,27,29). The third kappa shape index (κ3) is 4.50. The molecule has 0 unspecified atom stereocenters. The molecule has 12 heteroatoms. The number of methoxy groups -OCH3 is 1. The van der Waals surface area contributed by atoms with Gasteiger partial charge in [-0.25, -0.2) is 14.1 Å². The molecule has 1 aliphatic heterocycles. The normalized spacial score (nSPS) is 12.0. The number of rotatable bonds is 7. The first-order chi connectivity index (χ1) is 16.6. The van der Waals surface area contributed by atoms with Crippen molar-refractivity contribution in [1.82, 2.24) is 25.0 Å². The van der Waals surface area contributed by atoms with Crippen LogP contribution in [0.2, 0.25) is 5.02 Å². The SMILES string of the molecule is COc1cc2c(cc1OCCn1ccnn1)CNc1c(Nc3ccc(F)c(Cl)c3)ncnc1O2. The van der Waals surface area contributed by atoms with Crippen molar-refractivity contribution in [2.75, 3.05) is 24.4 Å². The Labute approximate surface area is 198 Å². The second kappa shape index (κ2) is 9.40. The Bertz CT molecular complexity index is 1320. The molecular formula is C22H19ClFN7O3. The van der Waals surface area contributed by atoms with E-state index in [4.69, 9.17) is 25.8 Å². The highest BCUT2D eigenvalue weighted by molar-refractivity contribution is 6.31. The van der Waals surface area contributed by atoms with Crippen LogP contribution in [0, 0.1) is 5.82 Å². The van der Waals surface area contributed by atoms with Crippen LogP contribution in [-0.4, -0.2) is 38.7 Å². The van der Waals surface area contributed by atoms with Crippen LogP contribution in [0.25, 0.3) is 0 Å². The molecule has 10 nitrogen and oxygen atoms in total. The quantitative estimate of drug-likeness (QED) is 0.395. The summed E-state index contributed by atoms with van der Waals surface area (Å²) >= 11 is 5.90. The molecule has 2 aromatic carbocycles. The van der Waals surface area contributed by atoms with Crippen LogP contribution in [0.5, 0.6) is 23.1 Å². The van der Waals surface area contributed by atoms with E-state index in [9.17, 15) is 4.39 Å². The Morgan fingerprint density at radius 3 is 2.94 bits per heavy atom. The second-order valence-corrected chi connectivity index (χ2v) is 7.64. The van der Waals surface area contributed by atoms with Crippen molar-refractivity contribution in [3.05, 3.63) is 65.5 Å². The number of nitrogens with zero attached hydrogens (tertiary/aromatic N) is 5. The van der Waals surface area contributed by atoms with Gasteiger partial charge in [0.05, 0.1) is 24.9 Å². The minimum atomic E-state index is -0.501. The maximum absolute atomic E-state index is 13.5. The summed E-state index contributed by atoms with van der Waals surface area (Å²) in [4.78, 5) is 8.55. The van der Waals surface area contributed by atoms with Gasteiger partial charge in [0, 0.05) is 30.1 Å². The second-order valence-electron chi connectivity index (χ2n) is 7.24. The maximum Gasteiger partial charge on any atom is 0.248 e. The average Bonchev–Trinajstić information content (AvgIpc) is 3.28. The van der Waals surface area contributed by atoms with Gasteiger partial charge in [-0.05, 0) is 24.3 Å². The van der Waals surface area contributed by atoms with E-state index in [1.807, 2.05) is 6.07 Å². The Balaban J connectivity index is 1.38. The zero-order valence-electron chi connectivity index (χ0n) is 18.0. The van der Waals surface area contributed by atoms with Crippen LogP contribution in [0.3, 0.4) is 0 Å². The van der Waals surface area contributed by atoms with Crippen LogP contribution in [-0.2, 0) is 13.1 Å². The molecule has 0 saturated carbocycles. The highest BCUT2D eigenvalue weighted by Gasteiger charge is 2.22. The molecule has 5 rings (SSSR count). The van der Waals surface area contributed by atoms with Crippen molar-refractivity contribution >= 4 is 28.8 Å². The number of benzene rings is 2. The van der Waals surface area contributed by atoms with Gasteiger partial charge in [-0.3, -0.25) is 0 Å². The van der Waals surface area contributed by atoms with Gasteiger partial charge in [0.1, 0.15) is 30.2 Å². The lowest BCUT2D eigenvalue weighted by Crippen LogP contribution is -2.10. The Kier molecular flexibility index (Phi) is 6.00. The summed E-state index contributed by atoms with van der Waals surface area (Å²) in [5.74, 6) is 1.94. The lowest BCUT2D eigenvalue weighted by molar-refractivity contribution is 0.272. The number of halogens is 2. The van der Waals surface area contributed by atoms with Crippen LogP contribution in [0.4, 0.5) is 21.6 Å². The molecular weight excluding hydrogens is 465 g/mol. The summed E-state index contributed by atoms with van der Waals surface area (Å²) in [5, 5.41) is 14.1. The molecule has 3 heterocycles. The molecule has 4 aromatic rings. The van der Waals surface area contributed by atoms with Gasteiger partial charge < -0.3 is 24.8 Å². The summed E-state index contributed by atoms with van der Waals surface area (Å²) in [7, 11) is 1.56. The fourth-order valence-electron chi connectivity index (χ4n) is 3.39. The number of fused-ring (bicyclic) bond motifs is 2. The predicted octanol–water partition coefficient (Wildman–Crippen LogP) is 4.41. The van der Waals surface area contributed by atoms with Crippen molar-refractivity contribution < 1.29 is 18.6 Å². The van der Waals surface area contributed by atoms with E-state index in [-0.39, 0.29) is 5.02 Å². The summed E-state index contributed by atoms with van der Waals surface area (Å²) in [6.45, 7) is 1.34. The molecule has 0 bridgehead atoms. The van der Waals surface area contributed by atoms with E-state index < -0.39 is 5.82 Å². The molecule has 1 aliphatic rings. The largest absolute Gasteiger partial charge is 0.493 e. The van der Waals surface area contributed by atoms with Gasteiger partial charge >= 0.3 is 0 Å². The fraction of sp³-hybridized carbons (Fsp3) is 0.182. The maximum atomic E-state index is 13.5. The number of hydrogen-bond donors (Lipinski definition) is 2.